The van der Waals surface area contributed by atoms with E-state index >= 15 is 0 Å². The van der Waals surface area contributed by atoms with Crippen molar-refractivity contribution >= 4 is 33.6 Å². The summed E-state index contributed by atoms with van der Waals surface area (Å²) in [6.07, 6.45) is 1.59. The van der Waals surface area contributed by atoms with E-state index in [4.69, 9.17) is 5.26 Å². The second-order valence-electron chi connectivity index (χ2n) is 4.47. The highest BCUT2D eigenvalue weighted by atomic mass is 79.9. The molecule has 100 valence electrons. The third-order valence-electron chi connectivity index (χ3n) is 2.52. The van der Waals surface area contributed by atoms with Crippen molar-refractivity contribution in [2.75, 3.05) is 33.1 Å². The SMILES string of the molecule is CN(C)C(=O)/C(C#N)=C\c1ccc(N(C)C)c(Br)c1. The van der Waals surface area contributed by atoms with Gasteiger partial charge in [0.15, 0.2) is 0 Å². The molecule has 0 radical (unpaired) electrons. The molecule has 1 aromatic rings. The first-order valence-electron chi connectivity index (χ1n) is 5.67. The molecule has 0 atom stereocenters. The summed E-state index contributed by atoms with van der Waals surface area (Å²) < 4.78 is 0.917. The van der Waals surface area contributed by atoms with Crippen LogP contribution in [0.3, 0.4) is 0 Å². The topological polar surface area (TPSA) is 47.3 Å². The number of hydrogen-bond acceptors (Lipinski definition) is 3. The number of nitrogens with zero attached hydrogens (tertiary/aromatic N) is 3. The molecule has 0 N–H and O–H groups in total. The number of hydrogen-bond donors (Lipinski definition) is 0. The van der Waals surface area contributed by atoms with Crippen LogP contribution in [-0.4, -0.2) is 39.0 Å². The third-order valence-corrected chi connectivity index (χ3v) is 3.16. The van der Waals surface area contributed by atoms with E-state index in [9.17, 15) is 4.79 Å². The number of benzene rings is 1. The number of nitriles is 1. The van der Waals surface area contributed by atoms with Crippen molar-refractivity contribution < 1.29 is 4.79 Å². The first-order valence-corrected chi connectivity index (χ1v) is 6.46. The molecule has 1 amide bonds. The molecule has 5 heteroatoms. The summed E-state index contributed by atoms with van der Waals surface area (Å²) in [6, 6.07) is 7.63. The average Bonchev–Trinajstić information content (AvgIpc) is 2.34. The Balaban J connectivity index is 3.15. The van der Waals surface area contributed by atoms with Crippen LogP contribution in [0.5, 0.6) is 0 Å². The van der Waals surface area contributed by atoms with Crippen LogP contribution in [0.4, 0.5) is 5.69 Å². The van der Waals surface area contributed by atoms with E-state index in [1.54, 1.807) is 20.2 Å². The van der Waals surface area contributed by atoms with Crippen LogP contribution >= 0.6 is 15.9 Å². The number of anilines is 1. The molecule has 0 aliphatic heterocycles. The van der Waals surface area contributed by atoms with Crippen molar-refractivity contribution in [3.05, 3.63) is 33.8 Å². The van der Waals surface area contributed by atoms with Gasteiger partial charge in [-0.3, -0.25) is 4.79 Å². The Morgan fingerprint density at radius 1 is 1.32 bits per heavy atom. The summed E-state index contributed by atoms with van der Waals surface area (Å²) in [5.41, 5.74) is 1.97. The molecule has 19 heavy (non-hydrogen) atoms. The largest absolute Gasteiger partial charge is 0.377 e. The highest BCUT2D eigenvalue weighted by Gasteiger charge is 2.11. The lowest BCUT2D eigenvalue weighted by Gasteiger charge is -2.15. The Morgan fingerprint density at radius 3 is 2.37 bits per heavy atom. The van der Waals surface area contributed by atoms with Gasteiger partial charge in [-0.15, -0.1) is 0 Å². The highest BCUT2D eigenvalue weighted by Crippen LogP contribution is 2.26. The van der Waals surface area contributed by atoms with Gasteiger partial charge in [0, 0.05) is 32.7 Å². The second-order valence-corrected chi connectivity index (χ2v) is 5.33. The Morgan fingerprint density at radius 2 is 1.95 bits per heavy atom. The third kappa shape index (κ3) is 3.83. The lowest BCUT2D eigenvalue weighted by molar-refractivity contribution is -0.124. The van der Waals surface area contributed by atoms with E-state index in [0.29, 0.717) is 0 Å². The van der Waals surface area contributed by atoms with E-state index in [-0.39, 0.29) is 11.5 Å². The second kappa shape index (κ2) is 6.39. The fourth-order valence-corrected chi connectivity index (χ4v) is 2.28. The smallest absolute Gasteiger partial charge is 0.264 e. The van der Waals surface area contributed by atoms with E-state index in [1.165, 1.54) is 4.90 Å². The van der Waals surface area contributed by atoms with Gasteiger partial charge in [-0.1, -0.05) is 6.07 Å². The van der Waals surface area contributed by atoms with Gasteiger partial charge in [0.25, 0.3) is 5.91 Å². The van der Waals surface area contributed by atoms with Gasteiger partial charge in [-0.05, 0) is 39.7 Å². The summed E-state index contributed by atoms with van der Waals surface area (Å²) in [5.74, 6) is -0.296. The molecular formula is C14H16BrN3O. The molecule has 0 aliphatic rings. The van der Waals surface area contributed by atoms with Crippen LogP contribution in [0.2, 0.25) is 0 Å². The van der Waals surface area contributed by atoms with Gasteiger partial charge in [-0.2, -0.15) is 5.26 Å². The number of carbonyl (C=O) groups excluding carboxylic acids is 1. The van der Waals surface area contributed by atoms with Crippen molar-refractivity contribution in [2.24, 2.45) is 0 Å². The Kier molecular flexibility index (Phi) is 5.13. The molecular weight excluding hydrogens is 306 g/mol. The number of amides is 1. The predicted octanol–water partition coefficient (Wildman–Crippen LogP) is 2.51. The van der Waals surface area contributed by atoms with Crippen molar-refractivity contribution in [1.82, 2.24) is 4.90 Å². The monoisotopic (exact) mass is 321 g/mol. The van der Waals surface area contributed by atoms with Gasteiger partial charge in [0.1, 0.15) is 11.6 Å². The highest BCUT2D eigenvalue weighted by molar-refractivity contribution is 9.10. The minimum Gasteiger partial charge on any atom is -0.377 e. The minimum absolute atomic E-state index is 0.120. The lowest BCUT2D eigenvalue weighted by atomic mass is 10.1. The fraction of sp³-hybridized carbons (Fsp3) is 0.286. The van der Waals surface area contributed by atoms with Gasteiger partial charge in [0.2, 0.25) is 0 Å². The quantitative estimate of drug-likeness (QED) is 0.635. The van der Waals surface area contributed by atoms with Gasteiger partial charge in [0.05, 0.1) is 5.69 Å². The fourth-order valence-electron chi connectivity index (χ4n) is 1.53. The summed E-state index contributed by atoms with van der Waals surface area (Å²) in [5, 5.41) is 9.03. The van der Waals surface area contributed by atoms with Crippen LogP contribution in [0.15, 0.2) is 28.2 Å². The Hall–Kier alpha value is -1.80. The van der Waals surface area contributed by atoms with Crippen molar-refractivity contribution in [2.45, 2.75) is 0 Å². The zero-order valence-corrected chi connectivity index (χ0v) is 13.0. The van der Waals surface area contributed by atoms with Crippen LogP contribution in [0.1, 0.15) is 5.56 Å². The normalized spacial score (nSPS) is 10.8. The maximum atomic E-state index is 11.8. The molecule has 0 aliphatic carbocycles. The minimum atomic E-state index is -0.296. The van der Waals surface area contributed by atoms with Gasteiger partial charge in [-0.25, -0.2) is 0 Å². The summed E-state index contributed by atoms with van der Waals surface area (Å²) in [4.78, 5) is 15.1. The van der Waals surface area contributed by atoms with E-state index in [0.717, 1.165) is 15.7 Å². The van der Waals surface area contributed by atoms with Gasteiger partial charge < -0.3 is 9.80 Å². The van der Waals surface area contributed by atoms with E-state index < -0.39 is 0 Å². The molecule has 4 nitrogen and oxygen atoms in total. The Bertz CT molecular complexity index is 556. The maximum Gasteiger partial charge on any atom is 0.264 e. The van der Waals surface area contributed by atoms with Crippen molar-refractivity contribution in [1.29, 1.82) is 5.26 Å². The average molecular weight is 322 g/mol. The molecule has 0 aromatic heterocycles. The molecule has 0 saturated heterocycles. The van der Waals surface area contributed by atoms with Crippen LogP contribution in [0, 0.1) is 11.3 Å². The number of likely N-dealkylation sites (N-methyl/N-ethyl adjacent to an activating group) is 1. The van der Waals surface area contributed by atoms with E-state index in [1.807, 2.05) is 43.3 Å². The molecule has 1 rings (SSSR count). The number of rotatable bonds is 3. The zero-order valence-electron chi connectivity index (χ0n) is 11.4. The summed E-state index contributed by atoms with van der Waals surface area (Å²) >= 11 is 3.48. The molecule has 0 unspecified atom stereocenters. The lowest BCUT2D eigenvalue weighted by Crippen LogP contribution is -2.22. The van der Waals surface area contributed by atoms with Crippen molar-refractivity contribution in [3.8, 4) is 6.07 Å². The molecule has 0 spiro atoms. The zero-order chi connectivity index (χ0) is 14.6. The van der Waals surface area contributed by atoms with Gasteiger partial charge >= 0.3 is 0 Å². The number of halogens is 1. The first kappa shape index (κ1) is 15.3. The van der Waals surface area contributed by atoms with Crippen molar-refractivity contribution in [3.63, 3.8) is 0 Å². The molecule has 1 aromatic carbocycles. The maximum absolute atomic E-state index is 11.8. The summed E-state index contributed by atoms with van der Waals surface area (Å²) in [6.45, 7) is 0. The van der Waals surface area contributed by atoms with Crippen LogP contribution in [-0.2, 0) is 4.79 Å². The summed E-state index contributed by atoms with van der Waals surface area (Å²) in [7, 11) is 7.15. The molecule has 0 heterocycles. The molecule has 0 saturated carbocycles. The van der Waals surface area contributed by atoms with Crippen LogP contribution < -0.4 is 4.90 Å². The standard InChI is InChI=1S/C14H16BrN3O/c1-17(2)13-6-5-10(8-12(13)15)7-11(9-16)14(19)18(3)4/h5-8H,1-4H3/b11-7-. The predicted molar refractivity (Wildman–Crippen MR) is 80.8 cm³/mol. The van der Waals surface area contributed by atoms with Crippen LogP contribution in [0.25, 0.3) is 6.08 Å². The number of carbonyl (C=O) groups is 1. The molecule has 0 fully saturated rings. The molecule has 0 bridgehead atoms. The first-order chi connectivity index (χ1) is 8.86. The Labute approximate surface area is 122 Å². The van der Waals surface area contributed by atoms with E-state index in [2.05, 4.69) is 15.9 Å².